The van der Waals surface area contributed by atoms with Crippen LogP contribution in [-0.4, -0.2) is 5.21 Å². The molecule has 0 aliphatic rings. The van der Waals surface area contributed by atoms with Gasteiger partial charge in [-0.05, 0) is 25.0 Å². The SMILES string of the molecule is Cc1cc(C)cc([NH+]([O-])O)c1. The van der Waals surface area contributed by atoms with Crippen molar-refractivity contribution < 1.29 is 10.4 Å². The zero-order chi connectivity index (χ0) is 8.43. The minimum atomic E-state index is -0.864. The summed E-state index contributed by atoms with van der Waals surface area (Å²) in [5.41, 5.74) is 2.34. The zero-order valence-corrected chi connectivity index (χ0v) is 6.59. The predicted octanol–water partition coefficient (Wildman–Crippen LogP) is 0.707. The molecular weight excluding hydrogens is 142 g/mol. The number of nitrogens with one attached hydrogen (secondary N) is 1. The van der Waals surface area contributed by atoms with Crippen LogP contribution in [0.1, 0.15) is 11.1 Å². The predicted molar refractivity (Wildman–Crippen MR) is 41.7 cm³/mol. The van der Waals surface area contributed by atoms with Gasteiger partial charge in [-0.1, -0.05) is 6.07 Å². The normalized spacial score (nSPS) is 13.1. The Morgan fingerprint density at radius 3 is 2.00 bits per heavy atom. The van der Waals surface area contributed by atoms with Gasteiger partial charge >= 0.3 is 0 Å². The second-order valence-electron chi connectivity index (χ2n) is 2.68. The molecule has 11 heavy (non-hydrogen) atoms. The van der Waals surface area contributed by atoms with E-state index >= 15 is 0 Å². The van der Waals surface area contributed by atoms with Crippen molar-refractivity contribution in [2.45, 2.75) is 13.8 Å². The molecule has 1 unspecified atom stereocenters. The van der Waals surface area contributed by atoms with Gasteiger partial charge < -0.3 is 5.21 Å². The van der Waals surface area contributed by atoms with E-state index in [1.54, 1.807) is 12.1 Å². The minimum absolute atomic E-state index is 0.363. The molecule has 1 aromatic carbocycles. The highest BCUT2D eigenvalue weighted by Gasteiger charge is 2.00. The van der Waals surface area contributed by atoms with Crippen molar-refractivity contribution >= 4 is 5.69 Å². The lowest BCUT2D eigenvalue weighted by atomic mass is 10.1. The van der Waals surface area contributed by atoms with Crippen molar-refractivity contribution in [1.29, 1.82) is 0 Å². The van der Waals surface area contributed by atoms with Crippen LogP contribution in [0.2, 0.25) is 0 Å². The van der Waals surface area contributed by atoms with Crippen molar-refractivity contribution in [3.63, 3.8) is 0 Å². The Bertz CT molecular complexity index is 238. The maximum absolute atomic E-state index is 10.5. The molecule has 0 amide bonds. The van der Waals surface area contributed by atoms with Crippen molar-refractivity contribution in [3.05, 3.63) is 34.5 Å². The first-order chi connectivity index (χ1) is 5.09. The first-order valence-electron chi connectivity index (χ1n) is 3.41. The lowest BCUT2D eigenvalue weighted by Crippen LogP contribution is -2.99. The Morgan fingerprint density at radius 2 is 1.64 bits per heavy atom. The molecule has 0 aliphatic carbocycles. The van der Waals surface area contributed by atoms with Gasteiger partial charge in [-0.2, -0.15) is 5.23 Å². The van der Waals surface area contributed by atoms with Crippen molar-refractivity contribution in [2.24, 2.45) is 0 Å². The van der Waals surface area contributed by atoms with Gasteiger partial charge in [-0.3, -0.25) is 0 Å². The molecule has 2 N–H and O–H groups in total. The third kappa shape index (κ3) is 2.01. The van der Waals surface area contributed by atoms with Crippen molar-refractivity contribution in [3.8, 4) is 0 Å². The Morgan fingerprint density at radius 1 is 1.18 bits per heavy atom. The van der Waals surface area contributed by atoms with E-state index in [0.717, 1.165) is 11.1 Å². The Balaban J connectivity index is 3.08. The van der Waals surface area contributed by atoms with Crippen LogP contribution in [-0.2, 0) is 0 Å². The largest absolute Gasteiger partial charge is 0.595 e. The second-order valence-corrected chi connectivity index (χ2v) is 2.68. The molecule has 1 rings (SSSR count). The van der Waals surface area contributed by atoms with Gasteiger partial charge in [-0.25, -0.2) is 5.21 Å². The molecule has 0 radical (unpaired) electrons. The van der Waals surface area contributed by atoms with Crippen LogP contribution in [0.25, 0.3) is 0 Å². The standard InChI is InChI=1S/C8H11NO2/c1-6-3-7(2)5-8(4-6)9(10)11/h3-5,9-10H,1-2H3. The highest BCUT2D eigenvalue weighted by atomic mass is 16.8. The lowest BCUT2D eigenvalue weighted by Gasteiger charge is -2.12. The minimum Gasteiger partial charge on any atom is -0.595 e. The number of aryl methyl sites for hydroxylation is 2. The molecular formula is C8H11NO2. The van der Waals surface area contributed by atoms with Gasteiger partial charge in [0, 0.05) is 12.1 Å². The molecule has 0 heterocycles. The van der Waals surface area contributed by atoms with Crippen LogP contribution < -0.4 is 5.23 Å². The van der Waals surface area contributed by atoms with Crippen molar-refractivity contribution in [2.75, 3.05) is 0 Å². The van der Waals surface area contributed by atoms with E-state index in [2.05, 4.69) is 0 Å². The van der Waals surface area contributed by atoms with Crippen LogP contribution in [0, 0.1) is 19.1 Å². The second kappa shape index (κ2) is 3.00. The van der Waals surface area contributed by atoms with E-state index in [1.807, 2.05) is 19.9 Å². The van der Waals surface area contributed by atoms with Gasteiger partial charge in [0.1, 0.15) is 0 Å². The van der Waals surface area contributed by atoms with Crippen LogP contribution >= 0.6 is 0 Å². The van der Waals surface area contributed by atoms with Gasteiger partial charge in [0.05, 0.1) is 0 Å². The van der Waals surface area contributed by atoms with Gasteiger partial charge in [0.25, 0.3) is 0 Å². The molecule has 0 aromatic heterocycles. The average molecular weight is 153 g/mol. The summed E-state index contributed by atoms with van der Waals surface area (Å²) in [5.74, 6) is 0. The Kier molecular flexibility index (Phi) is 2.24. The van der Waals surface area contributed by atoms with E-state index < -0.39 is 5.23 Å². The number of rotatable bonds is 1. The monoisotopic (exact) mass is 153 g/mol. The number of quaternary nitrogens is 1. The topological polar surface area (TPSA) is 47.7 Å². The molecule has 0 bridgehead atoms. The average Bonchev–Trinajstić information content (AvgIpc) is 1.85. The number of hydrogen-bond acceptors (Lipinski definition) is 2. The summed E-state index contributed by atoms with van der Waals surface area (Å²) in [5, 5.41) is 18.3. The first-order valence-corrected chi connectivity index (χ1v) is 3.41. The molecule has 0 aliphatic heterocycles. The maximum atomic E-state index is 10.5. The fraction of sp³-hybridized carbons (Fsp3) is 0.250. The number of benzene rings is 1. The zero-order valence-electron chi connectivity index (χ0n) is 6.59. The third-order valence-corrected chi connectivity index (χ3v) is 1.47. The van der Waals surface area contributed by atoms with Gasteiger partial charge in [0.15, 0.2) is 5.69 Å². The highest BCUT2D eigenvalue weighted by Crippen LogP contribution is 2.08. The van der Waals surface area contributed by atoms with E-state index in [9.17, 15) is 5.21 Å². The molecule has 60 valence electrons. The van der Waals surface area contributed by atoms with Crippen LogP contribution in [0.5, 0.6) is 0 Å². The fourth-order valence-electron chi connectivity index (χ4n) is 1.10. The van der Waals surface area contributed by atoms with E-state index in [-0.39, 0.29) is 0 Å². The van der Waals surface area contributed by atoms with E-state index in [4.69, 9.17) is 5.21 Å². The molecule has 1 atom stereocenters. The van der Waals surface area contributed by atoms with E-state index in [1.165, 1.54) is 0 Å². The number of hydrogen-bond donors (Lipinski definition) is 2. The van der Waals surface area contributed by atoms with Crippen molar-refractivity contribution in [1.82, 2.24) is 0 Å². The van der Waals surface area contributed by atoms with Gasteiger partial charge in [-0.15, -0.1) is 0 Å². The highest BCUT2D eigenvalue weighted by molar-refractivity contribution is 5.37. The van der Waals surface area contributed by atoms with Crippen LogP contribution in [0.3, 0.4) is 0 Å². The summed E-state index contributed by atoms with van der Waals surface area (Å²) in [7, 11) is 0. The summed E-state index contributed by atoms with van der Waals surface area (Å²) >= 11 is 0. The summed E-state index contributed by atoms with van der Waals surface area (Å²) in [6.45, 7) is 3.78. The first kappa shape index (κ1) is 8.20. The van der Waals surface area contributed by atoms with E-state index in [0.29, 0.717) is 5.69 Å². The summed E-state index contributed by atoms with van der Waals surface area (Å²) in [4.78, 5) is 0. The van der Waals surface area contributed by atoms with Crippen LogP contribution in [0.15, 0.2) is 18.2 Å². The third-order valence-electron chi connectivity index (χ3n) is 1.47. The molecule has 0 saturated heterocycles. The quantitative estimate of drug-likeness (QED) is 0.583. The molecule has 0 spiro atoms. The maximum Gasteiger partial charge on any atom is 0.164 e. The summed E-state index contributed by atoms with van der Waals surface area (Å²) in [6, 6.07) is 5.27. The van der Waals surface area contributed by atoms with Crippen LogP contribution in [0.4, 0.5) is 5.69 Å². The lowest BCUT2D eigenvalue weighted by molar-refractivity contribution is -0.991. The Hall–Kier alpha value is -0.900. The molecule has 1 aromatic rings. The molecule has 3 heteroatoms. The molecule has 0 fully saturated rings. The smallest absolute Gasteiger partial charge is 0.164 e. The fourth-order valence-corrected chi connectivity index (χ4v) is 1.10. The Labute approximate surface area is 65.4 Å². The molecule has 3 nitrogen and oxygen atoms in total. The summed E-state index contributed by atoms with van der Waals surface area (Å²) in [6.07, 6.45) is 0. The summed E-state index contributed by atoms with van der Waals surface area (Å²) < 4.78 is 0. The van der Waals surface area contributed by atoms with Gasteiger partial charge in [0.2, 0.25) is 0 Å². The molecule has 0 saturated carbocycles.